The minimum Gasteiger partial charge on any atom is -0.469 e. The number of carbonyl (C=O) groups excluding carboxylic acids is 2. The van der Waals surface area contributed by atoms with Crippen molar-refractivity contribution in [2.45, 2.75) is 38.1 Å². The molecule has 1 aromatic heterocycles. The molecule has 1 amide bonds. The molecule has 0 aliphatic carbocycles. The third kappa shape index (κ3) is 4.80. The Morgan fingerprint density at radius 3 is 3.00 bits per heavy atom. The number of thiazole rings is 1. The fraction of sp³-hybridized carbons (Fsp3) is 0.526. The van der Waals surface area contributed by atoms with Gasteiger partial charge in [-0.2, -0.15) is 0 Å². The van der Waals surface area contributed by atoms with Crippen molar-refractivity contribution in [2.24, 2.45) is 0 Å². The highest BCUT2D eigenvalue weighted by Gasteiger charge is 2.28. The van der Waals surface area contributed by atoms with Crippen molar-refractivity contribution in [1.82, 2.24) is 15.2 Å². The van der Waals surface area contributed by atoms with E-state index in [1.165, 1.54) is 11.8 Å². The van der Waals surface area contributed by atoms with Crippen molar-refractivity contribution in [3.05, 3.63) is 29.3 Å². The largest absolute Gasteiger partial charge is 0.469 e. The number of piperidine rings is 1. The zero-order valence-electron chi connectivity index (χ0n) is 15.1. The van der Waals surface area contributed by atoms with Gasteiger partial charge in [-0.1, -0.05) is 18.6 Å². The van der Waals surface area contributed by atoms with E-state index in [-0.39, 0.29) is 17.9 Å². The minimum absolute atomic E-state index is 0.00266. The molecule has 1 aliphatic rings. The van der Waals surface area contributed by atoms with Crippen LogP contribution >= 0.6 is 11.3 Å². The number of fused-ring (bicyclic) bond motifs is 1. The molecular weight excluding hydrogens is 350 g/mol. The Morgan fingerprint density at radius 2 is 2.19 bits per heavy atom. The zero-order chi connectivity index (χ0) is 18.4. The lowest BCUT2D eigenvalue weighted by Gasteiger charge is -2.33. The van der Waals surface area contributed by atoms with Gasteiger partial charge in [-0.25, -0.2) is 4.98 Å². The van der Waals surface area contributed by atoms with Crippen LogP contribution in [-0.4, -0.2) is 48.5 Å². The first-order chi connectivity index (χ1) is 12.7. The molecule has 2 aromatic rings. The fourth-order valence-electron chi connectivity index (χ4n) is 3.30. The lowest BCUT2D eigenvalue weighted by Crippen LogP contribution is -2.41. The predicted molar refractivity (Wildman–Crippen MR) is 102 cm³/mol. The van der Waals surface area contributed by atoms with Gasteiger partial charge < -0.3 is 10.1 Å². The van der Waals surface area contributed by atoms with Gasteiger partial charge in [0.1, 0.15) is 5.01 Å². The highest BCUT2D eigenvalue weighted by Crippen LogP contribution is 2.35. The van der Waals surface area contributed by atoms with Gasteiger partial charge >= 0.3 is 5.97 Å². The molecule has 140 valence electrons. The normalized spacial score (nSPS) is 18.0. The van der Waals surface area contributed by atoms with Crippen LogP contribution in [0.5, 0.6) is 0 Å². The molecule has 2 heterocycles. The number of nitrogens with one attached hydrogen (secondary N) is 1. The first-order valence-corrected chi connectivity index (χ1v) is 9.92. The molecule has 0 saturated carbocycles. The molecule has 26 heavy (non-hydrogen) atoms. The Hall–Kier alpha value is -1.99. The summed E-state index contributed by atoms with van der Waals surface area (Å²) >= 11 is 1.73. The number of benzene rings is 1. The van der Waals surface area contributed by atoms with Crippen LogP contribution in [-0.2, 0) is 14.3 Å². The summed E-state index contributed by atoms with van der Waals surface area (Å²) in [5, 5.41) is 4.00. The first kappa shape index (κ1) is 18.8. The van der Waals surface area contributed by atoms with E-state index in [1.807, 2.05) is 18.2 Å². The van der Waals surface area contributed by atoms with Crippen LogP contribution in [0, 0.1) is 0 Å². The van der Waals surface area contributed by atoms with Crippen molar-refractivity contribution in [3.63, 3.8) is 0 Å². The Balaban J connectivity index is 1.56. The quantitative estimate of drug-likeness (QED) is 0.595. The number of ether oxygens (including phenoxy) is 1. The first-order valence-electron chi connectivity index (χ1n) is 9.10. The van der Waals surface area contributed by atoms with Crippen LogP contribution in [0.2, 0.25) is 0 Å². The highest BCUT2D eigenvalue weighted by molar-refractivity contribution is 7.18. The van der Waals surface area contributed by atoms with Crippen molar-refractivity contribution in [1.29, 1.82) is 0 Å². The molecular formula is C19H25N3O3S. The van der Waals surface area contributed by atoms with Gasteiger partial charge in [0.2, 0.25) is 5.91 Å². The average molecular weight is 375 g/mol. The second-order valence-electron chi connectivity index (χ2n) is 6.53. The third-order valence-electron chi connectivity index (χ3n) is 4.66. The number of hydrogen-bond donors (Lipinski definition) is 1. The molecule has 1 atom stereocenters. The van der Waals surface area contributed by atoms with Gasteiger partial charge in [-0.3, -0.25) is 14.5 Å². The smallest absolute Gasteiger partial charge is 0.305 e. The summed E-state index contributed by atoms with van der Waals surface area (Å²) in [5.41, 5.74) is 1.03. The van der Waals surface area contributed by atoms with Gasteiger partial charge in [0, 0.05) is 13.0 Å². The Labute approximate surface area is 157 Å². The Morgan fingerprint density at radius 1 is 1.35 bits per heavy atom. The molecule has 1 saturated heterocycles. The van der Waals surface area contributed by atoms with Crippen LogP contribution < -0.4 is 5.32 Å². The number of hydrogen-bond acceptors (Lipinski definition) is 6. The van der Waals surface area contributed by atoms with E-state index in [0.29, 0.717) is 25.9 Å². The SMILES string of the molecule is COC(=O)CCCNC(=O)CN1CCCC[C@H]1c1nc2ccccc2s1. The number of esters is 1. The molecule has 1 aliphatic heterocycles. The highest BCUT2D eigenvalue weighted by atomic mass is 32.1. The van der Waals surface area contributed by atoms with Crippen LogP contribution in [0.15, 0.2) is 24.3 Å². The summed E-state index contributed by atoms with van der Waals surface area (Å²) in [4.78, 5) is 30.4. The number of amides is 1. The number of likely N-dealkylation sites (tertiary alicyclic amines) is 1. The summed E-state index contributed by atoms with van der Waals surface area (Å²) < 4.78 is 5.80. The standard InChI is InChI=1S/C19H25N3O3S/c1-25-18(24)10-6-11-20-17(23)13-22-12-5-4-8-15(22)19-21-14-7-2-3-9-16(14)26-19/h2-3,7,9,15H,4-6,8,10-13H2,1H3,(H,20,23)/t15-/m0/s1. The molecule has 0 spiro atoms. The molecule has 0 radical (unpaired) electrons. The van der Waals surface area contributed by atoms with E-state index in [2.05, 4.69) is 21.0 Å². The van der Waals surface area contributed by atoms with E-state index in [1.54, 1.807) is 11.3 Å². The lowest BCUT2D eigenvalue weighted by atomic mass is 10.0. The number of rotatable bonds is 7. The summed E-state index contributed by atoms with van der Waals surface area (Å²) in [6.45, 7) is 1.78. The van der Waals surface area contributed by atoms with Crippen LogP contribution in [0.4, 0.5) is 0 Å². The number of nitrogens with zero attached hydrogens (tertiary/aromatic N) is 2. The zero-order valence-corrected chi connectivity index (χ0v) is 15.9. The van der Waals surface area contributed by atoms with Gasteiger partial charge in [0.15, 0.2) is 0 Å². The maximum atomic E-state index is 12.3. The fourth-order valence-corrected chi connectivity index (χ4v) is 4.43. The Bertz CT molecular complexity index is 728. The number of methoxy groups -OCH3 is 1. The van der Waals surface area contributed by atoms with E-state index in [0.717, 1.165) is 36.3 Å². The number of aromatic nitrogens is 1. The molecule has 3 rings (SSSR count). The van der Waals surface area contributed by atoms with Crippen molar-refractivity contribution >= 4 is 33.4 Å². The molecule has 0 unspecified atom stereocenters. The Kier molecular flexibility index (Phi) is 6.57. The maximum absolute atomic E-state index is 12.3. The van der Waals surface area contributed by atoms with E-state index >= 15 is 0 Å². The van der Waals surface area contributed by atoms with E-state index in [4.69, 9.17) is 4.98 Å². The minimum atomic E-state index is -0.244. The average Bonchev–Trinajstić information content (AvgIpc) is 3.09. The summed E-state index contributed by atoms with van der Waals surface area (Å²) in [7, 11) is 1.37. The maximum Gasteiger partial charge on any atom is 0.305 e. The summed E-state index contributed by atoms with van der Waals surface area (Å²) in [6, 6.07) is 8.38. The van der Waals surface area contributed by atoms with E-state index < -0.39 is 0 Å². The van der Waals surface area contributed by atoms with Crippen LogP contribution in [0.25, 0.3) is 10.2 Å². The predicted octanol–water partition coefficient (Wildman–Crippen LogP) is 2.89. The second-order valence-corrected chi connectivity index (χ2v) is 7.59. The molecule has 1 fully saturated rings. The number of carbonyl (C=O) groups is 2. The molecule has 0 bridgehead atoms. The van der Waals surface area contributed by atoms with Gasteiger partial charge in [-0.15, -0.1) is 11.3 Å². The van der Waals surface area contributed by atoms with Crippen molar-refractivity contribution < 1.29 is 14.3 Å². The van der Waals surface area contributed by atoms with E-state index in [9.17, 15) is 9.59 Å². The van der Waals surface area contributed by atoms with Gasteiger partial charge in [-0.05, 0) is 37.9 Å². The summed E-state index contributed by atoms with van der Waals surface area (Å²) in [6.07, 6.45) is 4.23. The van der Waals surface area contributed by atoms with Gasteiger partial charge in [0.05, 0.1) is 29.9 Å². The lowest BCUT2D eigenvalue weighted by molar-refractivity contribution is -0.140. The van der Waals surface area contributed by atoms with Crippen LogP contribution in [0.3, 0.4) is 0 Å². The van der Waals surface area contributed by atoms with Crippen molar-refractivity contribution in [2.75, 3.05) is 26.7 Å². The third-order valence-corrected chi connectivity index (χ3v) is 5.80. The molecule has 6 nitrogen and oxygen atoms in total. The topological polar surface area (TPSA) is 71.5 Å². The summed E-state index contributed by atoms with van der Waals surface area (Å²) in [5.74, 6) is -0.242. The number of para-hydroxylation sites is 1. The molecule has 7 heteroatoms. The monoisotopic (exact) mass is 375 g/mol. The second kappa shape index (κ2) is 9.09. The van der Waals surface area contributed by atoms with Crippen molar-refractivity contribution in [3.8, 4) is 0 Å². The molecule has 1 aromatic carbocycles. The van der Waals surface area contributed by atoms with Crippen LogP contribution in [0.1, 0.15) is 43.2 Å². The molecule has 1 N–H and O–H groups in total. The van der Waals surface area contributed by atoms with Gasteiger partial charge in [0.25, 0.3) is 0 Å².